The van der Waals surface area contributed by atoms with Crippen molar-refractivity contribution in [2.45, 2.75) is 216 Å². The van der Waals surface area contributed by atoms with E-state index in [0.29, 0.717) is 13.0 Å². The Morgan fingerprint density at radius 2 is 1.39 bits per heavy atom. The quantitative estimate of drug-likeness (QED) is 0.0427. The lowest BCUT2D eigenvalue weighted by Crippen LogP contribution is -2.71. The van der Waals surface area contributed by atoms with Crippen LogP contribution in [0.2, 0.25) is 0 Å². The third-order valence-electron chi connectivity index (χ3n) is 13.2. The van der Waals surface area contributed by atoms with Gasteiger partial charge in [-0.25, -0.2) is 27.6 Å². The fourth-order valence-corrected chi connectivity index (χ4v) is 11.3. The molecule has 3 heterocycles. The molecular formula is C53H85N7O21S. The summed E-state index contributed by atoms with van der Waals surface area (Å²) in [5, 5.41) is 70.7. The zero-order valence-corrected chi connectivity index (χ0v) is 50.0. The van der Waals surface area contributed by atoms with Gasteiger partial charge in [-0.2, -0.15) is 4.31 Å². The molecule has 0 spiro atoms. The number of hydrogen-bond acceptors (Lipinski definition) is 21. The number of nitrogens with zero attached hydrogens (tertiary/aromatic N) is 3. The number of nitrogens with one attached hydrogen (secondary N) is 4. The molecule has 1 saturated carbocycles. The number of carbonyl (C=O) groups is 5. The maximum atomic E-state index is 14.6. The van der Waals surface area contributed by atoms with E-state index in [4.69, 9.17) is 37.9 Å². The number of likely N-dealkylation sites (N-methyl/N-ethyl adjacent to an activating group) is 1. The molecule has 13 atom stereocenters. The largest absolute Gasteiger partial charge is 0.491 e. The number of nitro groups is 1. The number of para-hydroxylation sites is 1. The summed E-state index contributed by atoms with van der Waals surface area (Å²) in [6.45, 7) is 19.0. The lowest BCUT2D eigenvalue weighted by atomic mass is 9.72. The number of benzene rings is 1. The maximum absolute atomic E-state index is 14.6. The lowest BCUT2D eigenvalue weighted by Gasteiger charge is -2.52. The van der Waals surface area contributed by atoms with Crippen molar-refractivity contribution in [3.8, 4) is 0 Å². The van der Waals surface area contributed by atoms with Crippen LogP contribution in [-0.2, 0) is 52.7 Å². The predicted molar refractivity (Wildman–Crippen MR) is 290 cm³/mol. The first-order valence-electron chi connectivity index (χ1n) is 27.1. The molecule has 2 saturated heterocycles. The number of hydrogen-bond donors (Lipinski definition) is 8. The standard InChI is InChI=1S/C53H85N7O21S/c1-49(2,3)78-45(65)54-25-35(61)43(64)55-33-24-32(57-47(67)80-51(7,8)9)37(38(62)41(33)77-44-39(63)42(53(13,69)28-75-44)58(14)48(68)81-52(10,11)12)40-31(56-46(66)79-50(4,5)6)22-21-29(76-40)26-59(23-17-18-30-27-74-30)82(72,73)36-20-16-15-19-34(36)60(70)71/h15-16,19-21,30-33,35,37-42,44,61-63,69H,17-18,22-28H2,1-14H3,(H,54,65)(H,55,64)(H,56,66)(H,57,67)/t30?,31-,32+,33-,35+,37-,38+,39-,40?,41+,42-,44-,53+/m1/s1. The molecular weight excluding hydrogens is 1100 g/mol. The molecule has 3 fully saturated rings. The van der Waals surface area contributed by atoms with E-state index < -0.39 is 177 Å². The number of rotatable bonds is 19. The molecule has 82 heavy (non-hydrogen) atoms. The fraction of sp³-hybridized carbons (Fsp3) is 0.755. The van der Waals surface area contributed by atoms with Crippen LogP contribution in [0.4, 0.5) is 24.9 Å². The van der Waals surface area contributed by atoms with Gasteiger partial charge in [0.2, 0.25) is 10.0 Å². The first-order chi connectivity index (χ1) is 37.7. The van der Waals surface area contributed by atoms with E-state index >= 15 is 0 Å². The molecule has 1 aliphatic carbocycles. The topological polar surface area (TPSA) is 375 Å². The minimum absolute atomic E-state index is 0.0601. The van der Waals surface area contributed by atoms with E-state index in [2.05, 4.69) is 21.3 Å². The zero-order chi connectivity index (χ0) is 61.7. The summed E-state index contributed by atoms with van der Waals surface area (Å²) < 4.78 is 76.8. The van der Waals surface area contributed by atoms with E-state index in [1.807, 2.05) is 0 Å². The highest BCUT2D eigenvalue weighted by atomic mass is 32.2. The van der Waals surface area contributed by atoms with Crippen molar-refractivity contribution in [2.24, 2.45) is 5.92 Å². The summed E-state index contributed by atoms with van der Waals surface area (Å²) in [7, 11) is -3.42. The van der Waals surface area contributed by atoms with Crippen molar-refractivity contribution in [3.05, 3.63) is 46.2 Å². The lowest BCUT2D eigenvalue weighted by molar-refractivity contribution is -0.387. The third kappa shape index (κ3) is 19.2. The smallest absolute Gasteiger partial charge is 0.410 e. The summed E-state index contributed by atoms with van der Waals surface area (Å²) in [5.41, 5.74) is -6.75. The monoisotopic (exact) mass is 1190 g/mol. The molecule has 1 aromatic rings. The summed E-state index contributed by atoms with van der Waals surface area (Å²) >= 11 is 0. The van der Waals surface area contributed by atoms with Crippen LogP contribution in [0, 0.1) is 16.0 Å². The van der Waals surface area contributed by atoms with Crippen LogP contribution < -0.4 is 21.3 Å². The van der Waals surface area contributed by atoms with Gasteiger partial charge >= 0.3 is 24.4 Å². The molecule has 1 aromatic carbocycles. The van der Waals surface area contributed by atoms with Gasteiger partial charge in [0, 0.05) is 31.6 Å². The van der Waals surface area contributed by atoms with Gasteiger partial charge in [-0.1, -0.05) is 12.1 Å². The average Bonchev–Trinajstić information content (AvgIpc) is 3.78. The first kappa shape index (κ1) is 67.1. The van der Waals surface area contributed by atoms with Crippen LogP contribution in [-0.4, -0.2) is 208 Å². The van der Waals surface area contributed by atoms with Gasteiger partial charge in [0.25, 0.3) is 11.6 Å². The van der Waals surface area contributed by atoms with Crippen LogP contribution in [0.5, 0.6) is 0 Å². The van der Waals surface area contributed by atoms with Crippen LogP contribution in [0.25, 0.3) is 0 Å². The summed E-state index contributed by atoms with van der Waals surface area (Å²) in [4.78, 5) is 79.6. The minimum Gasteiger partial charge on any atom is -0.491 e. The van der Waals surface area contributed by atoms with Crippen LogP contribution in [0.15, 0.2) is 41.0 Å². The molecule has 0 radical (unpaired) electrons. The highest BCUT2D eigenvalue weighted by molar-refractivity contribution is 7.89. The highest BCUT2D eigenvalue weighted by Gasteiger charge is 2.57. The van der Waals surface area contributed by atoms with Gasteiger partial charge in [0.15, 0.2) is 11.2 Å². The van der Waals surface area contributed by atoms with Crippen LogP contribution >= 0.6 is 0 Å². The molecule has 5 rings (SSSR count). The molecule has 0 aromatic heterocycles. The normalized spacial score (nSPS) is 28.2. The van der Waals surface area contributed by atoms with Crippen molar-refractivity contribution in [3.63, 3.8) is 0 Å². The van der Waals surface area contributed by atoms with Crippen molar-refractivity contribution in [2.75, 3.05) is 39.9 Å². The number of carbonyl (C=O) groups excluding carboxylic acids is 5. The Labute approximate surface area is 478 Å². The van der Waals surface area contributed by atoms with Crippen molar-refractivity contribution >= 4 is 46.0 Å². The molecule has 8 N–H and O–H groups in total. The third-order valence-corrected chi connectivity index (χ3v) is 15.0. The van der Waals surface area contributed by atoms with E-state index in [-0.39, 0.29) is 31.2 Å². The van der Waals surface area contributed by atoms with Gasteiger partial charge in [0.05, 0.1) is 61.6 Å². The van der Waals surface area contributed by atoms with Gasteiger partial charge in [0.1, 0.15) is 58.2 Å². The number of ether oxygens (including phenoxy) is 8. The van der Waals surface area contributed by atoms with Crippen molar-refractivity contribution < 1.29 is 95.6 Å². The summed E-state index contributed by atoms with van der Waals surface area (Å²) in [5.74, 6) is -2.71. The highest BCUT2D eigenvalue weighted by Crippen LogP contribution is 2.40. The number of sulfonamides is 1. The van der Waals surface area contributed by atoms with Gasteiger partial charge < -0.3 is 84.5 Å². The molecule has 2 unspecified atom stereocenters. The maximum Gasteiger partial charge on any atom is 0.410 e. The van der Waals surface area contributed by atoms with Gasteiger partial charge in [-0.05, 0) is 128 Å². The Morgan fingerprint density at radius 1 is 0.829 bits per heavy atom. The zero-order valence-electron chi connectivity index (χ0n) is 49.2. The number of amides is 5. The molecule has 29 heteroatoms. The van der Waals surface area contributed by atoms with E-state index in [9.17, 15) is 62.9 Å². The van der Waals surface area contributed by atoms with Gasteiger partial charge in [-0.3, -0.25) is 14.9 Å². The molecule has 28 nitrogen and oxygen atoms in total. The Bertz CT molecular complexity index is 2570. The van der Waals surface area contributed by atoms with Crippen molar-refractivity contribution in [1.82, 2.24) is 30.5 Å². The summed E-state index contributed by atoms with van der Waals surface area (Å²) in [6.07, 6.45) is -13.5. The Morgan fingerprint density at radius 3 is 1.95 bits per heavy atom. The average molecular weight is 1190 g/mol. The Kier molecular flexibility index (Phi) is 21.7. The fourth-order valence-electron chi connectivity index (χ4n) is 9.70. The van der Waals surface area contributed by atoms with Crippen LogP contribution in [0.3, 0.4) is 0 Å². The minimum atomic E-state index is -4.69. The van der Waals surface area contributed by atoms with E-state index in [1.54, 1.807) is 83.1 Å². The first-order valence-corrected chi connectivity index (χ1v) is 28.6. The van der Waals surface area contributed by atoms with E-state index in [0.717, 1.165) is 21.3 Å². The Balaban J connectivity index is 1.64. The van der Waals surface area contributed by atoms with Crippen LogP contribution in [0.1, 0.15) is 116 Å². The number of aliphatic hydroxyl groups excluding tert-OH is 3. The molecule has 464 valence electrons. The molecule has 3 aliphatic heterocycles. The molecule has 5 amide bonds. The second kappa shape index (κ2) is 26.5. The molecule has 4 aliphatic rings. The Hall–Kier alpha value is -5.66. The number of aliphatic hydroxyl groups is 4. The number of nitro benzene ring substituents is 1. The van der Waals surface area contributed by atoms with Crippen molar-refractivity contribution in [1.29, 1.82) is 0 Å². The summed E-state index contributed by atoms with van der Waals surface area (Å²) in [6, 6.07) is -0.766. The second-order valence-corrected chi connectivity index (χ2v) is 27.0. The van der Waals surface area contributed by atoms with Gasteiger partial charge in [-0.15, -0.1) is 0 Å². The SMILES string of the molecule is CN(C(=O)OC(C)(C)C)[C@@H]1[C@@H](O)[C@@H](O[C@@H]2[C@@H](O)[C@H](C3OC(CN(CCCC4CO4)S(=O)(=O)c4ccccc4[N+](=O)[O-])=CC[C@H]3NC(=O)OC(C)(C)C)[C@@H](NC(=O)OC(C)(C)C)C[C@H]2NC(=O)[C@@H](O)CNC(=O)OC(C)(C)C)OC[C@]1(C)O. The predicted octanol–water partition coefficient (Wildman–Crippen LogP) is 3.06. The number of epoxide rings is 1. The second-order valence-electron chi connectivity index (χ2n) is 25.1. The van der Waals surface area contributed by atoms with E-state index in [1.165, 1.54) is 32.2 Å². The molecule has 0 bridgehead atoms. The number of alkyl carbamates (subject to hydrolysis) is 3.